The van der Waals surface area contributed by atoms with Crippen molar-refractivity contribution in [1.82, 2.24) is 5.32 Å². The normalized spacial score (nSPS) is 9.00. The highest BCUT2D eigenvalue weighted by molar-refractivity contribution is 5.67. The molecule has 0 saturated heterocycles. The van der Waals surface area contributed by atoms with Crippen LogP contribution in [0.2, 0.25) is 0 Å². The van der Waals surface area contributed by atoms with Crippen molar-refractivity contribution in [3.63, 3.8) is 0 Å². The summed E-state index contributed by atoms with van der Waals surface area (Å²) < 4.78 is 3.88. The quantitative estimate of drug-likeness (QED) is 0.606. The van der Waals surface area contributed by atoms with Crippen LogP contribution in [0.15, 0.2) is 0 Å². The zero-order valence-corrected chi connectivity index (χ0v) is 6.22. The first-order chi connectivity index (χ1) is 4.81. The van der Waals surface area contributed by atoms with E-state index in [1.165, 1.54) is 0 Å². The lowest BCUT2D eigenvalue weighted by Gasteiger charge is -2.00. The lowest BCUT2D eigenvalue weighted by molar-refractivity contribution is 0.183. The van der Waals surface area contributed by atoms with Crippen molar-refractivity contribution < 1.29 is 9.53 Å². The standard InChI is InChI=1S/C7H13NO2/c1-3-4-5-6-8-7(9)10-2/h2H,3-6H2,1H3,(H,8,9). The largest absolute Gasteiger partial charge is 0.438 e. The molecule has 0 aliphatic heterocycles. The van der Waals surface area contributed by atoms with Crippen molar-refractivity contribution in [3.8, 4) is 0 Å². The predicted octanol–water partition coefficient (Wildman–Crippen LogP) is 1.57. The van der Waals surface area contributed by atoms with Crippen LogP contribution in [0.1, 0.15) is 26.2 Å². The number of ether oxygens (including phenoxy) is 1. The number of amides is 1. The maximum absolute atomic E-state index is 10.3. The third-order valence-corrected chi connectivity index (χ3v) is 1.16. The van der Waals surface area contributed by atoms with E-state index in [1.807, 2.05) is 0 Å². The number of alkyl carbamates (subject to hydrolysis) is 1. The first-order valence-electron chi connectivity index (χ1n) is 3.45. The number of rotatable bonds is 4. The number of carbonyl (C=O) groups excluding carboxylic acids is 1. The van der Waals surface area contributed by atoms with Gasteiger partial charge in [0.1, 0.15) is 0 Å². The Morgan fingerprint density at radius 3 is 2.80 bits per heavy atom. The van der Waals surface area contributed by atoms with Crippen LogP contribution in [0.5, 0.6) is 0 Å². The number of hydrogen-bond acceptors (Lipinski definition) is 2. The molecule has 0 spiro atoms. The van der Waals surface area contributed by atoms with Gasteiger partial charge in [0.05, 0.1) is 0 Å². The fraction of sp³-hybridized carbons (Fsp3) is 0.714. The zero-order chi connectivity index (χ0) is 7.82. The molecule has 0 rings (SSSR count). The second-order valence-corrected chi connectivity index (χ2v) is 2.04. The van der Waals surface area contributed by atoms with Crippen molar-refractivity contribution in [2.45, 2.75) is 26.2 Å². The molecular weight excluding hydrogens is 130 g/mol. The number of hydrogen-bond donors (Lipinski definition) is 1. The Balaban J connectivity index is 2.96. The Morgan fingerprint density at radius 1 is 1.60 bits per heavy atom. The molecule has 0 fully saturated rings. The minimum absolute atomic E-state index is 0.559. The third kappa shape index (κ3) is 5.41. The first-order valence-corrected chi connectivity index (χ1v) is 3.45. The van der Waals surface area contributed by atoms with Crippen LogP contribution in [0.25, 0.3) is 0 Å². The monoisotopic (exact) mass is 143 g/mol. The highest BCUT2D eigenvalue weighted by Crippen LogP contribution is 1.90. The molecule has 3 nitrogen and oxygen atoms in total. The van der Waals surface area contributed by atoms with Crippen molar-refractivity contribution in [2.75, 3.05) is 6.54 Å². The SMILES string of the molecule is [CH]OC(=O)NCCCCC. The molecule has 1 N–H and O–H groups in total. The van der Waals surface area contributed by atoms with Gasteiger partial charge in [0.25, 0.3) is 0 Å². The topological polar surface area (TPSA) is 38.3 Å². The summed E-state index contributed by atoms with van der Waals surface area (Å²) in [4.78, 5) is 10.3. The Labute approximate surface area is 61.8 Å². The first kappa shape index (κ1) is 9.27. The van der Waals surface area contributed by atoms with E-state index in [-0.39, 0.29) is 0 Å². The molecule has 0 aromatic rings. The minimum Gasteiger partial charge on any atom is -0.438 e. The minimum atomic E-state index is -0.559. The van der Waals surface area contributed by atoms with Gasteiger partial charge in [-0.25, -0.2) is 4.79 Å². The van der Waals surface area contributed by atoms with E-state index < -0.39 is 6.09 Å². The average molecular weight is 143 g/mol. The van der Waals surface area contributed by atoms with Gasteiger partial charge in [-0.1, -0.05) is 19.8 Å². The van der Waals surface area contributed by atoms with Crippen LogP contribution in [0.3, 0.4) is 0 Å². The molecule has 0 aromatic heterocycles. The lowest BCUT2D eigenvalue weighted by atomic mass is 10.2. The fourth-order valence-electron chi connectivity index (χ4n) is 0.607. The molecule has 1 amide bonds. The summed E-state index contributed by atoms with van der Waals surface area (Å²) in [5, 5.41) is 2.48. The van der Waals surface area contributed by atoms with Crippen molar-refractivity contribution in [1.29, 1.82) is 0 Å². The van der Waals surface area contributed by atoms with Crippen molar-refractivity contribution >= 4 is 6.09 Å². The Morgan fingerprint density at radius 2 is 2.30 bits per heavy atom. The predicted molar refractivity (Wildman–Crippen MR) is 38.3 cm³/mol. The fourth-order valence-corrected chi connectivity index (χ4v) is 0.607. The Bertz CT molecular complexity index is 93.6. The van der Waals surface area contributed by atoms with Crippen LogP contribution < -0.4 is 5.32 Å². The summed E-state index contributed by atoms with van der Waals surface area (Å²) in [6.45, 7) is 2.74. The Hall–Kier alpha value is -0.730. The molecule has 10 heavy (non-hydrogen) atoms. The van der Waals surface area contributed by atoms with E-state index >= 15 is 0 Å². The average Bonchev–Trinajstić information content (AvgIpc) is 1.98. The molecule has 0 saturated carbocycles. The van der Waals surface area contributed by atoms with Gasteiger partial charge in [0.15, 0.2) is 7.11 Å². The number of nitrogens with one attached hydrogen (secondary N) is 1. The van der Waals surface area contributed by atoms with Gasteiger partial charge in [-0.15, -0.1) is 0 Å². The molecule has 0 aliphatic carbocycles. The molecule has 3 heteroatoms. The molecule has 0 unspecified atom stereocenters. The third-order valence-electron chi connectivity index (χ3n) is 1.16. The van der Waals surface area contributed by atoms with Gasteiger partial charge in [0, 0.05) is 6.54 Å². The van der Waals surface area contributed by atoms with E-state index in [0.717, 1.165) is 19.3 Å². The summed E-state index contributed by atoms with van der Waals surface area (Å²) in [6, 6.07) is 0. The van der Waals surface area contributed by atoms with Crippen molar-refractivity contribution in [3.05, 3.63) is 7.11 Å². The van der Waals surface area contributed by atoms with Crippen LogP contribution >= 0.6 is 0 Å². The number of carbonyl (C=O) groups is 1. The van der Waals surface area contributed by atoms with Gasteiger partial charge in [0.2, 0.25) is 0 Å². The summed E-state index contributed by atoms with van der Waals surface area (Å²) in [6.07, 6.45) is 2.67. The smallest absolute Gasteiger partial charge is 0.407 e. The highest BCUT2D eigenvalue weighted by atomic mass is 16.5. The van der Waals surface area contributed by atoms with Gasteiger partial charge >= 0.3 is 6.09 Å². The molecule has 0 aliphatic rings. The second-order valence-electron chi connectivity index (χ2n) is 2.04. The molecule has 2 radical (unpaired) electrons. The molecule has 0 bridgehead atoms. The van der Waals surface area contributed by atoms with Gasteiger partial charge in [-0.2, -0.15) is 0 Å². The zero-order valence-electron chi connectivity index (χ0n) is 6.22. The molecule has 0 heterocycles. The molecular formula is C7H13NO2. The van der Waals surface area contributed by atoms with Crippen LogP contribution in [0.4, 0.5) is 4.79 Å². The van der Waals surface area contributed by atoms with E-state index in [9.17, 15) is 4.79 Å². The maximum atomic E-state index is 10.3. The highest BCUT2D eigenvalue weighted by Gasteiger charge is 1.94. The maximum Gasteiger partial charge on any atom is 0.407 e. The van der Waals surface area contributed by atoms with E-state index in [2.05, 4.69) is 24.1 Å². The summed E-state index contributed by atoms with van der Waals surface area (Å²) in [5.74, 6) is 0. The second kappa shape index (κ2) is 6.39. The van der Waals surface area contributed by atoms with E-state index in [1.54, 1.807) is 0 Å². The van der Waals surface area contributed by atoms with Gasteiger partial charge in [-0.3, -0.25) is 0 Å². The summed E-state index contributed by atoms with van der Waals surface area (Å²) in [7, 11) is 4.57. The Kier molecular flexibility index (Phi) is 5.92. The van der Waals surface area contributed by atoms with Crippen LogP contribution in [-0.2, 0) is 4.74 Å². The van der Waals surface area contributed by atoms with Crippen LogP contribution in [0, 0.1) is 7.11 Å². The van der Waals surface area contributed by atoms with E-state index in [4.69, 9.17) is 0 Å². The molecule has 0 aromatic carbocycles. The van der Waals surface area contributed by atoms with E-state index in [0.29, 0.717) is 6.54 Å². The van der Waals surface area contributed by atoms with Crippen molar-refractivity contribution in [2.24, 2.45) is 0 Å². The van der Waals surface area contributed by atoms with Gasteiger partial charge < -0.3 is 10.1 Å². The van der Waals surface area contributed by atoms with Gasteiger partial charge in [-0.05, 0) is 6.42 Å². The molecule has 0 atom stereocenters. The lowest BCUT2D eigenvalue weighted by Crippen LogP contribution is -2.23. The van der Waals surface area contributed by atoms with Crippen LogP contribution in [-0.4, -0.2) is 12.6 Å². The summed E-state index contributed by atoms with van der Waals surface area (Å²) in [5.41, 5.74) is 0. The molecule has 58 valence electrons. The number of unbranched alkanes of at least 4 members (excludes halogenated alkanes) is 2. The summed E-state index contributed by atoms with van der Waals surface area (Å²) >= 11 is 0.